The van der Waals surface area contributed by atoms with Crippen molar-refractivity contribution in [1.29, 1.82) is 0 Å². The first-order valence-corrected chi connectivity index (χ1v) is 5.34. The van der Waals surface area contributed by atoms with E-state index in [0.717, 1.165) is 0 Å². The molecule has 0 aliphatic carbocycles. The molecule has 0 unspecified atom stereocenters. The van der Waals surface area contributed by atoms with Gasteiger partial charge >= 0.3 is 0 Å². The Balaban J connectivity index is 3.40. The Labute approximate surface area is 89.6 Å². The molecule has 0 bridgehead atoms. The number of hydrogen-bond donors (Lipinski definition) is 1. The van der Waals surface area contributed by atoms with Gasteiger partial charge in [-0.05, 0) is 6.26 Å². The predicted molar refractivity (Wildman–Crippen MR) is 54.9 cm³/mol. The van der Waals surface area contributed by atoms with Crippen molar-refractivity contribution in [1.82, 2.24) is 0 Å². The van der Waals surface area contributed by atoms with Crippen LogP contribution in [0.5, 0.6) is 5.75 Å². The van der Waals surface area contributed by atoms with Gasteiger partial charge in [0.15, 0.2) is 0 Å². The monoisotopic (exact) mass is 242 g/mol. The van der Waals surface area contributed by atoms with E-state index in [1.165, 1.54) is 17.8 Å². The van der Waals surface area contributed by atoms with Crippen LogP contribution in [0.3, 0.4) is 0 Å². The second kappa shape index (κ2) is 3.97. The van der Waals surface area contributed by atoms with E-state index in [-0.39, 0.29) is 10.8 Å². The molecule has 1 aromatic rings. The average molecular weight is 244 g/mol. The molecule has 1 nitrogen and oxygen atoms in total. The third-order valence-electron chi connectivity index (χ3n) is 1.30. The van der Waals surface area contributed by atoms with Crippen LogP contribution >= 0.6 is 46.6 Å². The van der Waals surface area contributed by atoms with Gasteiger partial charge in [-0.3, -0.25) is 0 Å². The fourth-order valence-electron chi connectivity index (χ4n) is 0.753. The summed E-state index contributed by atoms with van der Waals surface area (Å²) in [6.07, 6.45) is 1.83. The third-order valence-corrected chi connectivity index (χ3v) is 3.51. The molecule has 0 amide bonds. The van der Waals surface area contributed by atoms with Crippen LogP contribution in [-0.2, 0) is 0 Å². The van der Waals surface area contributed by atoms with Crippen molar-refractivity contribution >= 4 is 46.6 Å². The summed E-state index contributed by atoms with van der Waals surface area (Å²) in [5.74, 6) is -0.0931. The molecule has 0 fully saturated rings. The molecule has 0 aliphatic rings. The van der Waals surface area contributed by atoms with Crippen LogP contribution < -0.4 is 0 Å². The molecule has 12 heavy (non-hydrogen) atoms. The lowest BCUT2D eigenvalue weighted by atomic mass is 10.3. The Morgan fingerprint density at radius 2 is 1.83 bits per heavy atom. The minimum atomic E-state index is -0.0931. The molecule has 66 valence electrons. The molecule has 0 aliphatic heterocycles. The van der Waals surface area contributed by atoms with Crippen molar-refractivity contribution in [2.45, 2.75) is 4.90 Å². The maximum absolute atomic E-state index is 9.19. The molecule has 1 rings (SSSR count). The highest BCUT2D eigenvalue weighted by Gasteiger charge is 2.12. The van der Waals surface area contributed by atoms with Gasteiger partial charge in [-0.25, -0.2) is 0 Å². The van der Waals surface area contributed by atoms with Crippen LogP contribution in [0.15, 0.2) is 11.0 Å². The Morgan fingerprint density at radius 3 is 2.33 bits per heavy atom. The lowest BCUT2D eigenvalue weighted by Gasteiger charge is -2.06. The predicted octanol–water partition coefficient (Wildman–Crippen LogP) is 4.07. The summed E-state index contributed by atoms with van der Waals surface area (Å²) in [6, 6.07) is 1.38. The Kier molecular flexibility index (Phi) is 3.41. The molecule has 0 saturated carbocycles. The smallest absolute Gasteiger partial charge is 0.137 e. The van der Waals surface area contributed by atoms with Gasteiger partial charge in [-0.15, -0.1) is 11.8 Å². The lowest BCUT2D eigenvalue weighted by molar-refractivity contribution is 0.475. The van der Waals surface area contributed by atoms with E-state index in [9.17, 15) is 5.11 Å². The standard InChI is InChI=1S/C7H5Cl3OS/c1-12-7-3(8)2-4(11)5(9)6(7)10/h2,11H,1H3. The molecule has 1 N–H and O–H groups in total. The zero-order valence-electron chi connectivity index (χ0n) is 6.07. The number of aromatic hydroxyl groups is 1. The number of thioether (sulfide) groups is 1. The summed E-state index contributed by atoms with van der Waals surface area (Å²) in [7, 11) is 0. The highest BCUT2D eigenvalue weighted by atomic mass is 35.5. The molecule has 0 saturated heterocycles. The molecule has 0 aromatic heterocycles. The van der Waals surface area contributed by atoms with E-state index < -0.39 is 0 Å². The van der Waals surface area contributed by atoms with Gasteiger partial charge in [0.2, 0.25) is 0 Å². The van der Waals surface area contributed by atoms with E-state index in [4.69, 9.17) is 34.8 Å². The van der Waals surface area contributed by atoms with Crippen molar-refractivity contribution in [3.63, 3.8) is 0 Å². The second-order valence-electron chi connectivity index (χ2n) is 2.04. The van der Waals surface area contributed by atoms with E-state index >= 15 is 0 Å². The normalized spacial score (nSPS) is 10.3. The van der Waals surface area contributed by atoms with E-state index in [1.807, 2.05) is 6.26 Å². The van der Waals surface area contributed by atoms with Crippen LogP contribution in [0, 0.1) is 0 Å². The topological polar surface area (TPSA) is 20.2 Å². The highest BCUT2D eigenvalue weighted by molar-refractivity contribution is 7.98. The summed E-state index contributed by atoms with van der Waals surface area (Å²) in [5, 5.41) is 10.0. The molecule has 0 heterocycles. The van der Waals surface area contributed by atoms with Gasteiger partial charge in [-0.2, -0.15) is 0 Å². The van der Waals surface area contributed by atoms with Crippen molar-refractivity contribution in [2.75, 3.05) is 6.26 Å². The zero-order valence-corrected chi connectivity index (χ0v) is 9.15. The Bertz CT molecular complexity index is 314. The van der Waals surface area contributed by atoms with Crippen LogP contribution in [0.1, 0.15) is 0 Å². The van der Waals surface area contributed by atoms with E-state index in [2.05, 4.69) is 0 Å². The number of phenols is 1. The second-order valence-corrected chi connectivity index (χ2v) is 4.02. The van der Waals surface area contributed by atoms with Crippen LogP contribution in [0.4, 0.5) is 0 Å². The average Bonchev–Trinajstić information content (AvgIpc) is 2.01. The Hall–Kier alpha value is 0.240. The first-order valence-electron chi connectivity index (χ1n) is 2.98. The van der Waals surface area contributed by atoms with Gasteiger partial charge in [0.1, 0.15) is 10.8 Å². The third kappa shape index (κ3) is 1.77. The molecule has 0 radical (unpaired) electrons. The fraction of sp³-hybridized carbons (Fsp3) is 0.143. The molecule has 0 atom stereocenters. The van der Waals surface area contributed by atoms with Crippen LogP contribution in [0.25, 0.3) is 0 Å². The van der Waals surface area contributed by atoms with E-state index in [1.54, 1.807) is 0 Å². The van der Waals surface area contributed by atoms with Gasteiger partial charge in [0.25, 0.3) is 0 Å². The summed E-state index contributed by atoms with van der Waals surface area (Å²) >= 11 is 18.7. The number of phenolic OH excluding ortho intramolecular Hbond substituents is 1. The lowest BCUT2D eigenvalue weighted by Crippen LogP contribution is -1.79. The largest absolute Gasteiger partial charge is 0.506 e. The molecular formula is C7H5Cl3OS. The van der Waals surface area contributed by atoms with Gasteiger partial charge in [0.05, 0.1) is 10.0 Å². The zero-order chi connectivity index (χ0) is 9.30. The van der Waals surface area contributed by atoms with Crippen LogP contribution in [0.2, 0.25) is 15.1 Å². The maximum Gasteiger partial charge on any atom is 0.137 e. The molecule has 5 heteroatoms. The minimum absolute atomic E-state index is 0.0931. The van der Waals surface area contributed by atoms with E-state index in [0.29, 0.717) is 14.9 Å². The summed E-state index contributed by atoms with van der Waals surface area (Å²) < 4.78 is 0. The van der Waals surface area contributed by atoms with Gasteiger partial charge < -0.3 is 5.11 Å². The summed E-state index contributed by atoms with van der Waals surface area (Å²) in [4.78, 5) is 0.682. The number of hydrogen-bond acceptors (Lipinski definition) is 2. The first-order chi connectivity index (χ1) is 5.57. The van der Waals surface area contributed by atoms with Gasteiger partial charge in [-0.1, -0.05) is 34.8 Å². The summed E-state index contributed by atoms with van der Waals surface area (Å²) in [6.45, 7) is 0. The van der Waals surface area contributed by atoms with Crippen molar-refractivity contribution in [2.24, 2.45) is 0 Å². The minimum Gasteiger partial charge on any atom is -0.506 e. The first kappa shape index (κ1) is 10.3. The SMILES string of the molecule is CSc1c(Cl)cc(O)c(Cl)c1Cl. The molecule has 0 spiro atoms. The number of halogens is 3. The highest BCUT2D eigenvalue weighted by Crippen LogP contribution is 2.42. The summed E-state index contributed by atoms with van der Waals surface area (Å²) in [5.41, 5.74) is 0. The van der Waals surface area contributed by atoms with Crippen molar-refractivity contribution < 1.29 is 5.11 Å². The molecular weight excluding hydrogens is 239 g/mol. The number of benzene rings is 1. The van der Waals surface area contributed by atoms with Gasteiger partial charge in [0, 0.05) is 11.0 Å². The Morgan fingerprint density at radius 1 is 1.25 bits per heavy atom. The number of rotatable bonds is 1. The quantitative estimate of drug-likeness (QED) is 0.592. The molecule has 1 aromatic carbocycles. The van der Waals surface area contributed by atoms with Crippen LogP contribution in [-0.4, -0.2) is 11.4 Å². The maximum atomic E-state index is 9.19. The van der Waals surface area contributed by atoms with Crippen molar-refractivity contribution in [3.8, 4) is 5.75 Å². The van der Waals surface area contributed by atoms with Crippen molar-refractivity contribution in [3.05, 3.63) is 21.1 Å². The fourth-order valence-corrected chi connectivity index (χ4v) is 2.40.